The first-order chi connectivity index (χ1) is 19.4. The molecule has 2 amide bonds. The summed E-state index contributed by atoms with van der Waals surface area (Å²) in [4.78, 5) is 36.3. The molecule has 202 valence electrons. The van der Waals surface area contributed by atoms with Crippen molar-refractivity contribution in [1.29, 1.82) is 0 Å². The van der Waals surface area contributed by atoms with Crippen LogP contribution in [0.1, 0.15) is 54.4 Å². The molecule has 5 aromatic rings. The minimum absolute atomic E-state index is 0.0563. The molecule has 0 atom stereocenters. The predicted octanol–water partition coefficient (Wildman–Crippen LogP) is 5.73. The smallest absolute Gasteiger partial charge is 0.336 e. The second kappa shape index (κ2) is 9.92. The summed E-state index contributed by atoms with van der Waals surface area (Å²) in [6.07, 6.45) is 4.88. The zero-order chi connectivity index (χ0) is 27.9. The van der Waals surface area contributed by atoms with Gasteiger partial charge in [-0.1, -0.05) is 61.7 Å². The number of carbonyl (C=O) groups excluding carboxylic acids is 2. The lowest BCUT2D eigenvalue weighted by molar-refractivity contribution is -0.117. The average Bonchev–Trinajstić information content (AvgIpc) is 2.94. The fourth-order valence-electron chi connectivity index (χ4n) is 6.62. The molecule has 6 rings (SSSR count). The molecule has 0 spiro atoms. The molecular weight excluding hydrogens is 504 g/mol. The van der Waals surface area contributed by atoms with E-state index in [-0.39, 0.29) is 12.0 Å². The van der Waals surface area contributed by atoms with E-state index in [1.165, 1.54) is 6.07 Å². The number of amides is 2. The maximum atomic E-state index is 12.4. The Hall–Kier alpha value is -4.49. The molecule has 0 heterocycles. The van der Waals surface area contributed by atoms with E-state index < -0.39 is 17.2 Å². The molecule has 0 saturated heterocycles. The van der Waals surface area contributed by atoms with Gasteiger partial charge in [0, 0.05) is 12.0 Å². The van der Waals surface area contributed by atoms with Gasteiger partial charge < -0.3 is 20.8 Å². The number of benzene rings is 5. The number of hydrogen-bond donors (Lipinski definition) is 4. The van der Waals surface area contributed by atoms with E-state index in [0.717, 1.165) is 51.6 Å². The molecule has 1 fully saturated rings. The van der Waals surface area contributed by atoms with Gasteiger partial charge in [0.2, 0.25) is 12.8 Å². The molecule has 0 aromatic heterocycles. The fraction of sp³-hybridized carbons (Fsp3) is 0.242. The SMILES string of the molecule is O=CNC(CC1(O)CCCCC1)(NC=O)c1ccc(C(=O)O)c2cc3c(ccc4cc5ccccc5cc43)cc12. The Kier molecular flexibility index (Phi) is 6.39. The van der Waals surface area contributed by atoms with Crippen molar-refractivity contribution in [2.24, 2.45) is 0 Å². The lowest BCUT2D eigenvalue weighted by atomic mass is 9.75. The van der Waals surface area contributed by atoms with E-state index >= 15 is 0 Å². The van der Waals surface area contributed by atoms with E-state index in [1.54, 1.807) is 6.07 Å². The monoisotopic (exact) mass is 534 g/mol. The van der Waals surface area contributed by atoms with E-state index in [1.807, 2.05) is 36.4 Å². The Morgan fingerprint density at radius 2 is 1.35 bits per heavy atom. The van der Waals surface area contributed by atoms with E-state index in [9.17, 15) is 24.6 Å². The third kappa shape index (κ3) is 4.32. The first-order valence-electron chi connectivity index (χ1n) is 13.6. The Morgan fingerprint density at radius 1 is 0.750 bits per heavy atom. The Bertz CT molecular complexity index is 1800. The van der Waals surface area contributed by atoms with Crippen LogP contribution in [0.4, 0.5) is 0 Å². The highest BCUT2D eigenvalue weighted by Gasteiger charge is 2.43. The summed E-state index contributed by atoms with van der Waals surface area (Å²) in [6, 6.07) is 23.3. The van der Waals surface area contributed by atoms with Crippen LogP contribution in [-0.4, -0.2) is 34.6 Å². The Morgan fingerprint density at radius 3 is 2.00 bits per heavy atom. The summed E-state index contributed by atoms with van der Waals surface area (Å²) in [6.45, 7) is 0. The van der Waals surface area contributed by atoms with Gasteiger partial charge in [0.25, 0.3) is 0 Å². The van der Waals surface area contributed by atoms with Crippen LogP contribution in [0.3, 0.4) is 0 Å². The van der Waals surface area contributed by atoms with Crippen LogP contribution in [-0.2, 0) is 15.3 Å². The molecule has 0 unspecified atom stereocenters. The van der Waals surface area contributed by atoms with Crippen LogP contribution in [0.5, 0.6) is 0 Å². The first-order valence-corrected chi connectivity index (χ1v) is 13.6. The lowest BCUT2D eigenvalue weighted by Gasteiger charge is -2.42. The van der Waals surface area contributed by atoms with Gasteiger partial charge in [-0.25, -0.2) is 4.79 Å². The largest absolute Gasteiger partial charge is 0.478 e. The van der Waals surface area contributed by atoms with Crippen molar-refractivity contribution < 1.29 is 24.6 Å². The van der Waals surface area contributed by atoms with Crippen LogP contribution >= 0.6 is 0 Å². The summed E-state index contributed by atoms with van der Waals surface area (Å²) < 4.78 is 0. The van der Waals surface area contributed by atoms with Crippen LogP contribution in [0.15, 0.2) is 72.8 Å². The number of carbonyl (C=O) groups is 3. The second-order valence-electron chi connectivity index (χ2n) is 11.0. The van der Waals surface area contributed by atoms with E-state index in [0.29, 0.717) is 42.0 Å². The molecule has 0 radical (unpaired) electrons. The zero-order valence-corrected chi connectivity index (χ0v) is 21.9. The molecule has 1 aliphatic rings. The normalized spacial score (nSPS) is 15.3. The molecule has 1 aliphatic carbocycles. The Labute approximate surface area is 230 Å². The molecule has 7 heteroatoms. The van der Waals surface area contributed by atoms with Gasteiger partial charge in [0.05, 0.1) is 11.2 Å². The molecule has 0 bridgehead atoms. The van der Waals surface area contributed by atoms with Gasteiger partial charge in [-0.2, -0.15) is 0 Å². The number of carboxylic acids is 1. The highest BCUT2D eigenvalue weighted by atomic mass is 16.4. The first kappa shape index (κ1) is 25.8. The number of rotatable bonds is 8. The predicted molar refractivity (Wildman–Crippen MR) is 156 cm³/mol. The van der Waals surface area contributed by atoms with Crippen molar-refractivity contribution in [2.45, 2.75) is 49.8 Å². The second-order valence-corrected chi connectivity index (χ2v) is 11.0. The van der Waals surface area contributed by atoms with Gasteiger partial charge in [0.15, 0.2) is 0 Å². The molecule has 1 saturated carbocycles. The molecular formula is C33H30N2O5. The molecule has 5 aromatic carbocycles. The Balaban J connectivity index is 1.65. The minimum Gasteiger partial charge on any atom is -0.478 e. The summed E-state index contributed by atoms with van der Waals surface area (Å²) in [5.41, 5.74) is -1.91. The quantitative estimate of drug-likeness (QED) is 0.0879. The van der Waals surface area contributed by atoms with E-state index in [2.05, 4.69) is 34.9 Å². The standard InChI is InChI=1S/C33H30N2O5/c36-19-34-33(35-20-37,18-32(40)12-4-1-5-13-32)30-11-10-25(31(38)39)28-17-27-24(16-29(28)30)9-8-23-14-21-6-2-3-7-22(21)15-26(23)27/h2-3,6-11,14-17,19-20,40H,1,4-5,12-13,18H2,(H,34,36)(H,35,37)(H,38,39). The van der Waals surface area contributed by atoms with Crippen molar-refractivity contribution in [1.82, 2.24) is 10.6 Å². The molecule has 4 N–H and O–H groups in total. The molecule has 0 aliphatic heterocycles. The number of nitrogens with one attached hydrogen (secondary N) is 2. The summed E-state index contributed by atoms with van der Waals surface area (Å²) in [5, 5.41) is 34.3. The highest BCUT2D eigenvalue weighted by Crippen LogP contribution is 2.42. The average molecular weight is 535 g/mol. The third-order valence-electron chi connectivity index (χ3n) is 8.52. The number of aromatic carboxylic acids is 1. The van der Waals surface area contributed by atoms with Crippen molar-refractivity contribution in [3.8, 4) is 0 Å². The number of aliphatic hydroxyl groups is 1. The van der Waals surface area contributed by atoms with Gasteiger partial charge in [0.1, 0.15) is 5.66 Å². The number of hydrogen-bond acceptors (Lipinski definition) is 4. The van der Waals surface area contributed by atoms with Crippen LogP contribution in [0.2, 0.25) is 0 Å². The van der Waals surface area contributed by atoms with Crippen LogP contribution in [0, 0.1) is 0 Å². The van der Waals surface area contributed by atoms with Crippen molar-refractivity contribution >= 4 is 61.9 Å². The van der Waals surface area contributed by atoms with Gasteiger partial charge in [-0.3, -0.25) is 9.59 Å². The maximum absolute atomic E-state index is 12.4. The summed E-state index contributed by atoms with van der Waals surface area (Å²) >= 11 is 0. The maximum Gasteiger partial charge on any atom is 0.336 e. The van der Waals surface area contributed by atoms with Crippen molar-refractivity contribution in [3.05, 3.63) is 83.9 Å². The molecule has 40 heavy (non-hydrogen) atoms. The third-order valence-corrected chi connectivity index (χ3v) is 8.52. The van der Waals surface area contributed by atoms with Gasteiger partial charge in [-0.05, 0) is 86.3 Å². The zero-order valence-electron chi connectivity index (χ0n) is 21.9. The summed E-state index contributed by atoms with van der Waals surface area (Å²) in [5.74, 6) is -1.08. The topological polar surface area (TPSA) is 116 Å². The minimum atomic E-state index is -1.44. The number of fused-ring (bicyclic) bond motifs is 5. The van der Waals surface area contributed by atoms with Crippen molar-refractivity contribution in [2.75, 3.05) is 0 Å². The van der Waals surface area contributed by atoms with Gasteiger partial charge >= 0.3 is 5.97 Å². The van der Waals surface area contributed by atoms with Gasteiger partial charge in [-0.15, -0.1) is 0 Å². The van der Waals surface area contributed by atoms with E-state index in [4.69, 9.17) is 0 Å². The fourth-order valence-corrected chi connectivity index (χ4v) is 6.62. The van der Waals surface area contributed by atoms with Crippen molar-refractivity contribution in [3.63, 3.8) is 0 Å². The molecule has 7 nitrogen and oxygen atoms in total. The number of carboxylic acid groups (broad SMARTS) is 1. The van der Waals surface area contributed by atoms with Crippen LogP contribution in [0.25, 0.3) is 43.1 Å². The lowest BCUT2D eigenvalue weighted by Crippen LogP contribution is -2.57. The van der Waals surface area contributed by atoms with Crippen LogP contribution < -0.4 is 10.6 Å². The summed E-state index contributed by atoms with van der Waals surface area (Å²) in [7, 11) is 0. The highest BCUT2D eigenvalue weighted by molar-refractivity contribution is 6.18.